The molecule has 27 heavy (non-hydrogen) atoms. The first-order valence-electron chi connectivity index (χ1n) is 8.06. The lowest BCUT2D eigenvalue weighted by molar-refractivity contribution is -0.115. The van der Waals surface area contributed by atoms with Crippen molar-refractivity contribution in [2.24, 2.45) is 0 Å². The molecule has 2 aromatic carbocycles. The summed E-state index contributed by atoms with van der Waals surface area (Å²) in [6, 6.07) is 10.6. The molecule has 140 valence electrons. The van der Waals surface area contributed by atoms with Crippen molar-refractivity contribution in [3.05, 3.63) is 48.3 Å². The topological polar surface area (TPSA) is 100 Å². The summed E-state index contributed by atoms with van der Waals surface area (Å²) in [4.78, 5) is 12.4. The lowest BCUT2D eigenvalue weighted by atomic mass is 10.1. The molecule has 0 atom stereocenters. The quantitative estimate of drug-likeness (QED) is 0.678. The Hall–Kier alpha value is -3.62. The number of anilines is 1. The number of carbonyl (C=O) groups excluding carboxylic acids is 1. The summed E-state index contributed by atoms with van der Waals surface area (Å²) in [5, 5.41) is 14.0. The Morgan fingerprint density at radius 1 is 1.00 bits per heavy atom. The summed E-state index contributed by atoms with van der Waals surface area (Å²) >= 11 is 0. The Morgan fingerprint density at radius 3 is 2.41 bits per heavy atom. The summed E-state index contributed by atoms with van der Waals surface area (Å²) in [7, 11) is 4.67. The van der Waals surface area contributed by atoms with Crippen molar-refractivity contribution in [1.82, 2.24) is 20.2 Å². The van der Waals surface area contributed by atoms with Gasteiger partial charge in [0.25, 0.3) is 0 Å². The monoisotopic (exact) mass is 369 g/mol. The van der Waals surface area contributed by atoms with Crippen LogP contribution in [0.25, 0.3) is 5.69 Å². The molecule has 9 nitrogen and oxygen atoms in total. The number of benzene rings is 2. The normalized spacial score (nSPS) is 10.3. The second kappa shape index (κ2) is 8.17. The number of nitrogens with zero attached hydrogens (tertiary/aromatic N) is 4. The fraction of sp³-hybridized carbons (Fsp3) is 0.222. The van der Waals surface area contributed by atoms with Crippen LogP contribution in [-0.2, 0) is 11.2 Å². The molecule has 3 rings (SSSR count). The first-order chi connectivity index (χ1) is 13.1. The highest BCUT2D eigenvalue weighted by Crippen LogP contribution is 2.28. The molecule has 0 aliphatic heterocycles. The zero-order chi connectivity index (χ0) is 19.2. The SMILES string of the molecule is COc1ccc(CC(=O)Nc2ccc(OC)c(-n3cnnn3)c2)cc1OC. The van der Waals surface area contributed by atoms with E-state index in [1.54, 1.807) is 51.7 Å². The summed E-state index contributed by atoms with van der Waals surface area (Å²) in [6.45, 7) is 0. The zero-order valence-electron chi connectivity index (χ0n) is 15.2. The fourth-order valence-electron chi connectivity index (χ4n) is 2.60. The first kappa shape index (κ1) is 18.2. The van der Waals surface area contributed by atoms with Crippen LogP contribution in [0.15, 0.2) is 42.7 Å². The molecule has 9 heteroatoms. The molecule has 0 saturated heterocycles. The Bertz CT molecular complexity index is 928. The summed E-state index contributed by atoms with van der Waals surface area (Å²) in [5.41, 5.74) is 2.03. The summed E-state index contributed by atoms with van der Waals surface area (Å²) in [6.07, 6.45) is 1.64. The van der Waals surface area contributed by atoms with Gasteiger partial charge in [0.05, 0.1) is 27.8 Å². The highest BCUT2D eigenvalue weighted by Gasteiger charge is 2.12. The predicted molar refractivity (Wildman–Crippen MR) is 97.6 cm³/mol. The Kier molecular flexibility index (Phi) is 5.50. The van der Waals surface area contributed by atoms with Gasteiger partial charge in [-0.3, -0.25) is 4.79 Å². The minimum Gasteiger partial charge on any atom is -0.494 e. The van der Waals surface area contributed by atoms with Crippen molar-refractivity contribution >= 4 is 11.6 Å². The largest absolute Gasteiger partial charge is 0.494 e. The molecule has 1 N–H and O–H groups in total. The third-order valence-corrected chi connectivity index (χ3v) is 3.87. The van der Waals surface area contributed by atoms with E-state index >= 15 is 0 Å². The zero-order valence-corrected chi connectivity index (χ0v) is 15.2. The molecule has 0 aliphatic carbocycles. The van der Waals surface area contributed by atoms with Gasteiger partial charge in [-0.15, -0.1) is 5.10 Å². The lowest BCUT2D eigenvalue weighted by Crippen LogP contribution is -2.15. The van der Waals surface area contributed by atoms with Crippen LogP contribution in [0.3, 0.4) is 0 Å². The fourth-order valence-corrected chi connectivity index (χ4v) is 2.60. The number of aromatic nitrogens is 4. The summed E-state index contributed by atoms with van der Waals surface area (Å²) < 4.78 is 17.3. The number of methoxy groups -OCH3 is 3. The van der Waals surface area contributed by atoms with Crippen molar-refractivity contribution in [1.29, 1.82) is 0 Å². The van der Waals surface area contributed by atoms with Gasteiger partial charge >= 0.3 is 0 Å². The van der Waals surface area contributed by atoms with Crippen LogP contribution in [0, 0.1) is 0 Å². The first-order valence-corrected chi connectivity index (χ1v) is 8.06. The van der Waals surface area contributed by atoms with Gasteiger partial charge in [0.2, 0.25) is 5.91 Å². The average Bonchev–Trinajstić information content (AvgIpc) is 3.22. The number of ether oxygens (including phenoxy) is 3. The number of tetrazole rings is 1. The van der Waals surface area contributed by atoms with Crippen LogP contribution in [0.4, 0.5) is 5.69 Å². The lowest BCUT2D eigenvalue weighted by Gasteiger charge is -2.12. The second-order valence-corrected chi connectivity index (χ2v) is 5.56. The molecule has 0 aliphatic rings. The number of amides is 1. The maximum absolute atomic E-state index is 12.4. The van der Waals surface area contributed by atoms with E-state index in [0.717, 1.165) is 5.56 Å². The predicted octanol–water partition coefficient (Wildman–Crippen LogP) is 1.87. The van der Waals surface area contributed by atoms with E-state index in [1.165, 1.54) is 11.0 Å². The molecule has 0 fully saturated rings. The van der Waals surface area contributed by atoms with Crippen LogP contribution in [0.1, 0.15) is 5.56 Å². The highest BCUT2D eigenvalue weighted by atomic mass is 16.5. The second-order valence-electron chi connectivity index (χ2n) is 5.56. The molecule has 0 radical (unpaired) electrons. The number of rotatable bonds is 7. The van der Waals surface area contributed by atoms with Crippen LogP contribution < -0.4 is 19.5 Å². The number of hydrogen-bond acceptors (Lipinski definition) is 7. The highest BCUT2D eigenvalue weighted by molar-refractivity contribution is 5.92. The van der Waals surface area contributed by atoms with Crippen molar-refractivity contribution in [2.75, 3.05) is 26.6 Å². The molecule has 1 aromatic heterocycles. The third kappa shape index (κ3) is 4.14. The van der Waals surface area contributed by atoms with Gasteiger partial charge in [-0.1, -0.05) is 6.07 Å². The Balaban J connectivity index is 1.75. The third-order valence-electron chi connectivity index (χ3n) is 3.87. The van der Waals surface area contributed by atoms with Gasteiger partial charge < -0.3 is 19.5 Å². The maximum atomic E-state index is 12.4. The van der Waals surface area contributed by atoms with Crippen molar-refractivity contribution < 1.29 is 19.0 Å². The standard InChI is InChI=1S/C18H19N5O4/c1-25-15-7-5-13(10-14(15)23-11-19-21-22-23)20-18(24)9-12-4-6-16(26-2)17(8-12)27-3/h4-8,10-11H,9H2,1-3H3,(H,20,24). The van der Waals surface area contributed by atoms with Crippen LogP contribution in [-0.4, -0.2) is 47.4 Å². The molecule has 0 unspecified atom stereocenters. The van der Waals surface area contributed by atoms with Crippen molar-refractivity contribution in [2.45, 2.75) is 6.42 Å². The molecule has 1 heterocycles. The van der Waals surface area contributed by atoms with Crippen molar-refractivity contribution in [3.63, 3.8) is 0 Å². The van der Waals surface area contributed by atoms with Crippen LogP contribution >= 0.6 is 0 Å². The van der Waals surface area contributed by atoms with Crippen molar-refractivity contribution in [3.8, 4) is 22.9 Å². The van der Waals surface area contributed by atoms with E-state index in [1.807, 2.05) is 6.07 Å². The van der Waals surface area contributed by atoms with E-state index in [0.29, 0.717) is 28.6 Å². The van der Waals surface area contributed by atoms with E-state index in [9.17, 15) is 4.79 Å². The minimum absolute atomic E-state index is 0.171. The Morgan fingerprint density at radius 2 is 1.74 bits per heavy atom. The van der Waals surface area contributed by atoms with E-state index < -0.39 is 0 Å². The number of nitrogens with one attached hydrogen (secondary N) is 1. The molecular weight excluding hydrogens is 350 g/mol. The Labute approximate surface area is 155 Å². The maximum Gasteiger partial charge on any atom is 0.228 e. The van der Waals surface area contributed by atoms with E-state index in [2.05, 4.69) is 20.8 Å². The molecule has 0 bridgehead atoms. The minimum atomic E-state index is -0.171. The summed E-state index contributed by atoms with van der Waals surface area (Å²) in [5.74, 6) is 1.60. The molecular formula is C18H19N5O4. The average molecular weight is 369 g/mol. The van der Waals surface area contributed by atoms with Crippen LogP contribution in [0.2, 0.25) is 0 Å². The number of carbonyl (C=O) groups is 1. The van der Waals surface area contributed by atoms with E-state index in [-0.39, 0.29) is 12.3 Å². The molecule has 3 aromatic rings. The smallest absolute Gasteiger partial charge is 0.228 e. The molecule has 1 amide bonds. The van der Waals surface area contributed by atoms with Gasteiger partial charge in [0.1, 0.15) is 17.8 Å². The van der Waals surface area contributed by atoms with E-state index in [4.69, 9.17) is 14.2 Å². The molecule has 0 spiro atoms. The number of hydrogen-bond donors (Lipinski definition) is 1. The van der Waals surface area contributed by atoms with Gasteiger partial charge in [-0.2, -0.15) is 4.68 Å². The van der Waals surface area contributed by atoms with Gasteiger partial charge in [-0.25, -0.2) is 0 Å². The molecule has 0 saturated carbocycles. The van der Waals surface area contributed by atoms with Crippen LogP contribution in [0.5, 0.6) is 17.2 Å². The van der Waals surface area contributed by atoms with Gasteiger partial charge in [-0.05, 0) is 46.3 Å². The van der Waals surface area contributed by atoms with Gasteiger partial charge in [0.15, 0.2) is 11.5 Å². The van der Waals surface area contributed by atoms with Gasteiger partial charge in [0, 0.05) is 5.69 Å².